The van der Waals surface area contributed by atoms with Crippen LogP contribution in [0, 0.1) is 6.92 Å². The molecule has 15 heavy (non-hydrogen) atoms. The van der Waals surface area contributed by atoms with E-state index in [-0.39, 0.29) is 0 Å². The van der Waals surface area contributed by atoms with Crippen molar-refractivity contribution in [2.45, 2.75) is 19.8 Å². The Kier molecular flexibility index (Phi) is 2.22. The first-order valence-corrected chi connectivity index (χ1v) is 6.30. The summed E-state index contributed by atoms with van der Waals surface area (Å²) in [5, 5.41) is 5.57. The maximum Gasteiger partial charge on any atom is 0.0815 e. The number of hydrogen-bond donors (Lipinski definition) is 1. The Morgan fingerprint density at radius 2 is 2.20 bits per heavy atom. The predicted molar refractivity (Wildman–Crippen MR) is 64.6 cm³/mol. The van der Waals surface area contributed by atoms with Crippen LogP contribution in [0.4, 0.5) is 0 Å². The van der Waals surface area contributed by atoms with Crippen LogP contribution in [0.3, 0.4) is 0 Å². The SMILES string of the molecule is Cc1c2c(nc3ccsc13)CCNCC2. The summed E-state index contributed by atoms with van der Waals surface area (Å²) in [6.07, 6.45) is 2.20. The van der Waals surface area contributed by atoms with Gasteiger partial charge in [0.15, 0.2) is 0 Å². The molecule has 1 aliphatic heterocycles. The fourth-order valence-corrected chi connectivity index (χ4v) is 3.19. The lowest BCUT2D eigenvalue weighted by molar-refractivity contribution is 0.708. The number of aromatic nitrogens is 1. The largest absolute Gasteiger partial charge is 0.316 e. The molecule has 2 nitrogen and oxygen atoms in total. The average molecular weight is 218 g/mol. The third-order valence-electron chi connectivity index (χ3n) is 3.13. The highest BCUT2D eigenvalue weighted by atomic mass is 32.1. The van der Waals surface area contributed by atoms with Crippen molar-refractivity contribution in [2.75, 3.05) is 13.1 Å². The van der Waals surface area contributed by atoms with Crippen LogP contribution >= 0.6 is 11.3 Å². The van der Waals surface area contributed by atoms with Gasteiger partial charge in [-0.05, 0) is 42.5 Å². The minimum Gasteiger partial charge on any atom is -0.316 e. The Bertz CT molecular complexity index is 502. The highest BCUT2D eigenvalue weighted by Crippen LogP contribution is 2.28. The molecule has 3 heteroatoms. The molecule has 1 aliphatic rings. The molecule has 0 atom stereocenters. The van der Waals surface area contributed by atoms with Crippen molar-refractivity contribution in [3.05, 3.63) is 28.3 Å². The summed E-state index contributed by atoms with van der Waals surface area (Å²) in [4.78, 5) is 4.77. The number of nitrogens with one attached hydrogen (secondary N) is 1. The minimum atomic E-state index is 1.06. The van der Waals surface area contributed by atoms with Gasteiger partial charge in [0.05, 0.1) is 10.2 Å². The van der Waals surface area contributed by atoms with Crippen molar-refractivity contribution < 1.29 is 0 Å². The van der Waals surface area contributed by atoms with Crippen molar-refractivity contribution >= 4 is 21.6 Å². The summed E-state index contributed by atoms with van der Waals surface area (Å²) in [5.74, 6) is 0. The van der Waals surface area contributed by atoms with E-state index in [9.17, 15) is 0 Å². The van der Waals surface area contributed by atoms with E-state index in [0.29, 0.717) is 0 Å². The van der Waals surface area contributed by atoms with E-state index in [1.165, 1.54) is 27.0 Å². The lowest BCUT2D eigenvalue weighted by Crippen LogP contribution is -2.16. The topological polar surface area (TPSA) is 24.9 Å². The molecule has 78 valence electrons. The lowest BCUT2D eigenvalue weighted by atomic mass is 10.0. The molecule has 0 bridgehead atoms. The van der Waals surface area contributed by atoms with Crippen LogP contribution in [0.1, 0.15) is 16.8 Å². The molecule has 0 saturated carbocycles. The maximum absolute atomic E-state index is 4.77. The summed E-state index contributed by atoms with van der Waals surface area (Å²) in [7, 11) is 0. The zero-order valence-corrected chi connectivity index (χ0v) is 9.66. The van der Waals surface area contributed by atoms with Crippen molar-refractivity contribution in [1.29, 1.82) is 0 Å². The number of thiophene rings is 1. The van der Waals surface area contributed by atoms with E-state index >= 15 is 0 Å². The van der Waals surface area contributed by atoms with E-state index in [2.05, 4.69) is 23.7 Å². The second-order valence-corrected chi connectivity index (χ2v) is 4.96. The van der Waals surface area contributed by atoms with Crippen LogP contribution in [0.2, 0.25) is 0 Å². The van der Waals surface area contributed by atoms with Crippen LogP contribution < -0.4 is 5.32 Å². The summed E-state index contributed by atoms with van der Waals surface area (Å²) >= 11 is 1.81. The van der Waals surface area contributed by atoms with Gasteiger partial charge in [0.25, 0.3) is 0 Å². The predicted octanol–water partition coefficient (Wildman–Crippen LogP) is 2.29. The Balaban J connectivity index is 2.28. The fourth-order valence-electron chi connectivity index (χ4n) is 2.32. The van der Waals surface area contributed by atoms with Crippen LogP contribution in [0.5, 0.6) is 0 Å². The monoisotopic (exact) mass is 218 g/mol. The summed E-state index contributed by atoms with van der Waals surface area (Å²) in [6, 6.07) is 2.13. The molecule has 0 aliphatic carbocycles. The molecule has 0 radical (unpaired) electrons. The van der Waals surface area contributed by atoms with E-state index in [4.69, 9.17) is 4.98 Å². The summed E-state index contributed by atoms with van der Waals surface area (Å²) < 4.78 is 1.37. The molecule has 0 fully saturated rings. The molecular formula is C12H14N2S. The molecule has 0 saturated heterocycles. The summed E-state index contributed by atoms with van der Waals surface area (Å²) in [5.41, 5.74) is 5.42. The number of nitrogens with zero attached hydrogens (tertiary/aromatic N) is 1. The number of pyridine rings is 1. The summed E-state index contributed by atoms with van der Waals surface area (Å²) in [6.45, 7) is 4.39. The van der Waals surface area contributed by atoms with Gasteiger partial charge >= 0.3 is 0 Å². The Morgan fingerprint density at radius 1 is 1.33 bits per heavy atom. The van der Waals surface area contributed by atoms with Gasteiger partial charge in [-0.25, -0.2) is 0 Å². The Labute approximate surface area is 93.3 Å². The number of aryl methyl sites for hydroxylation is 1. The van der Waals surface area contributed by atoms with Crippen LogP contribution in [0.25, 0.3) is 10.2 Å². The van der Waals surface area contributed by atoms with Gasteiger partial charge in [0, 0.05) is 18.7 Å². The van der Waals surface area contributed by atoms with Crippen LogP contribution in [-0.4, -0.2) is 18.1 Å². The average Bonchev–Trinajstić information content (AvgIpc) is 2.56. The smallest absolute Gasteiger partial charge is 0.0815 e. The second kappa shape index (κ2) is 3.58. The zero-order valence-electron chi connectivity index (χ0n) is 8.84. The number of rotatable bonds is 0. The molecule has 3 heterocycles. The molecule has 0 amide bonds. The Hall–Kier alpha value is -0.930. The molecule has 0 spiro atoms. The van der Waals surface area contributed by atoms with Gasteiger partial charge in [0.1, 0.15) is 0 Å². The quantitative estimate of drug-likeness (QED) is 0.734. The highest BCUT2D eigenvalue weighted by molar-refractivity contribution is 7.17. The number of hydrogen-bond acceptors (Lipinski definition) is 3. The van der Waals surface area contributed by atoms with Crippen LogP contribution in [-0.2, 0) is 12.8 Å². The zero-order chi connectivity index (χ0) is 10.3. The molecule has 0 aromatic carbocycles. The first-order valence-electron chi connectivity index (χ1n) is 5.42. The van der Waals surface area contributed by atoms with Gasteiger partial charge in [-0.3, -0.25) is 4.98 Å². The van der Waals surface area contributed by atoms with E-state index in [0.717, 1.165) is 25.9 Å². The van der Waals surface area contributed by atoms with E-state index in [1.54, 1.807) is 0 Å². The van der Waals surface area contributed by atoms with Crippen molar-refractivity contribution in [2.24, 2.45) is 0 Å². The lowest BCUT2D eigenvalue weighted by Gasteiger charge is -2.08. The van der Waals surface area contributed by atoms with E-state index in [1.807, 2.05) is 11.3 Å². The van der Waals surface area contributed by atoms with Gasteiger partial charge in [-0.2, -0.15) is 0 Å². The third kappa shape index (κ3) is 1.46. The first-order chi connectivity index (χ1) is 7.36. The van der Waals surface area contributed by atoms with Gasteiger partial charge in [-0.1, -0.05) is 0 Å². The molecule has 1 N–H and O–H groups in total. The van der Waals surface area contributed by atoms with Gasteiger partial charge in [-0.15, -0.1) is 11.3 Å². The minimum absolute atomic E-state index is 1.06. The normalized spacial score (nSPS) is 16.3. The Morgan fingerprint density at radius 3 is 3.13 bits per heavy atom. The molecule has 2 aromatic rings. The highest BCUT2D eigenvalue weighted by Gasteiger charge is 2.14. The van der Waals surface area contributed by atoms with Crippen LogP contribution in [0.15, 0.2) is 11.4 Å². The maximum atomic E-state index is 4.77. The third-order valence-corrected chi connectivity index (χ3v) is 4.16. The van der Waals surface area contributed by atoms with E-state index < -0.39 is 0 Å². The van der Waals surface area contributed by atoms with Crippen molar-refractivity contribution in [3.63, 3.8) is 0 Å². The molecule has 0 unspecified atom stereocenters. The van der Waals surface area contributed by atoms with Crippen molar-refractivity contribution in [3.8, 4) is 0 Å². The first kappa shape index (κ1) is 9.31. The van der Waals surface area contributed by atoms with Gasteiger partial charge in [0.2, 0.25) is 0 Å². The second-order valence-electron chi connectivity index (χ2n) is 4.05. The van der Waals surface area contributed by atoms with Crippen molar-refractivity contribution in [1.82, 2.24) is 10.3 Å². The number of fused-ring (bicyclic) bond motifs is 2. The standard InChI is InChI=1S/C12H14N2S/c1-8-9-2-5-13-6-3-10(9)14-11-4-7-15-12(8)11/h4,7,13H,2-3,5-6H2,1H3. The molecule has 2 aromatic heterocycles. The van der Waals surface area contributed by atoms with Gasteiger partial charge < -0.3 is 5.32 Å². The fraction of sp³-hybridized carbons (Fsp3) is 0.417. The molecular weight excluding hydrogens is 204 g/mol. The molecule has 3 rings (SSSR count).